The first-order valence-corrected chi connectivity index (χ1v) is 7.59. The van der Waals surface area contributed by atoms with E-state index in [2.05, 4.69) is 41.7 Å². The van der Waals surface area contributed by atoms with Crippen LogP contribution in [-0.2, 0) is 6.54 Å². The van der Waals surface area contributed by atoms with E-state index in [0.29, 0.717) is 0 Å². The number of nitrogens with one attached hydrogen (secondary N) is 2. The molecule has 2 aromatic carbocycles. The van der Waals surface area contributed by atoms with E-state index in [4.69, 9.17) is 11.6 Å². The number of hydrogen-bond acceptors (Lipinski definition) is 1. The van der Waals surface area contributed by atoms with Gasteiger partial charge < -0.3 is 22.6 Å². The van der Waals surface area contributed by atoms with Crippen LogP contribution in [0, 0.1) is 0 Å². The topological polar surface area (TPSA) is 16.5 Å². The van der Waals surface area contributed by atoms with Crippen molar-refractivity contribution in [2.45, 2.75) is 6.54 Å². The second kappa shape index (κ2) is 7.81. The average molecular weight is 323 g/mol. The van der Waals surface area contributed by atoms with Gasteiger partial charge in [0, 0.05) is 23.7 Å². The number of quaternary nitrogens is 1. The highest BCUT2D eigenvalue weighted by atomic mass is 35.5. The normalized spacial score (nSPS) is 15.5. The molecule has 0 saturated carbocycles. The minimum absolute atomic E-state index is 0. The second-order valence-electron chi connectivity index (χ2n) is 5.34. The molecule has 2 nitrogen and oxygen atoms in total. The third-order valence-electron chi connectivity index (χ3n) is 3.92. The number of rotatable bonds is 3. The molecule has 2 aromatic rings. The minimum atomic E-state index is 0. The average Bonchev–Trinajstić information content (AvgIpc) is 2.50. The zero-order valence-electron chi connectivity index (χ0n) is 11.9. The van der Waals surface area contributed by atoms with E-state index in [1.54, 1.807) is 4.90 Å². The van der Waals surface area contributed by atoms with Gasteiger partial charge in [-0.2, -0.15) is 0 Å². The Morgan fingerprint density at radius 1 is 0.952 bits per heavy atom. The first-order valence-electron chi connectivity index (χ1n) is 7.21. The van der Waals surface area contributed by atoms with Gasteiger partial charge in [-0.3, -0.25) is 0 Å². The van der Waals surface area contributed by atoms with E-state index in [0.717, 1.165) is 24.7 Å². The third-order valence-corrected chi connectivity index (χ3v) is 4.18. The number of halogens is 2. The monoisotopic (exact) mass is 322 g/mol. The molecule has 0 unspecified atom stereocenters. The summed E-state index contributed by atoms with van der Waals surface area (Å²) in [6, 6.07) is 16.8. The van der Waals surface area contributed by atoms with Crippen LogP contribution in [0.15, 0.2) is 48.5 Å². The lowest BCUT2D eigenvalue weighted by atomic mass is 9.99. The van der Waals surface area contributed by atoms with Crippen LogP contribution >= 0.6 is 11.6 Å². The molecule has 2 N–H and O–H groups in total. The molecular formula is C17H20Cl2N2. The minimum Gasteiger partial charge on any atom is -1.00 e. The summed E-state index contributed by atoms with van der Waals surface area (Å²) in [7, 11) is 0. The van der Waals surface area contributed by atoms with E-state index < -0.39 is 0 Å². The van der Waals surface area contributed by atoms with E-state index in [1.165, 1.54) is 29.8 Å². The van der Waals surface area contributed by atoms with E-state index in [-0.39, 0.29) is 12.4 Å². The molecule has 0 bridgehead atoms. The van der Waals surface area contributed by atoms with Crippen LogP contribution in [0.4, 0.5) is 0 Å². The molecule has 0 aliphatic carbocycles. The van der Waals surface area contributed by atoms with Gasteiger partial charge in [-0.25, -0.2) is 0 Å². The molecule has 0 radical (unpaired) electrons. The van der Waals surface area contributed by atoms with Gasteiger partial charge in [-0.1, -0.05) is 48.0 Å². The van der Waals surface area contributed by atoms with Crippen LogP contribution in [0.25, 0.3) is 11.1 Å². The Bertz CT molecular complexity index is 563. The molecule has 0 aromatic heterocycles. The summed E-state index contributed by atoms with van der Waals surface area (Å²) in [5, 5.41) is 4.21. The van der Waals surface area contributed by atoms with Crippen LogP contribution in [-0.4, -0.2) is 26.2 Å². The van der Waals surface area contributed by atoms with Crippen molar-refractivity contribution in [3.05, 3.63) is 59.1 Å². The molecule has 3 rings (SSSR count). The summed E-state index contributed by atoms with van der Waals surface area (Å²) >= 11 is 5.98. The van der Waals surface area contributed by atoms with E-state index >= 15 is 0 Å². The predicted molar refractivity (Wildman–Crippen MR) is 84.2 cm³/mol. The zero-order chi connectivity index (χ0) is 13.8. The van der Waals surface area contributed by atoms with Crippen molar-refractivity contribution in [2.24, 2.45) is 0 Å². The van der Waals surface area contributed by atoms with Crippen molar-refractivity contribution in [3.8, 4) is 11.1 Å². The Kier molecular flexibility index (Phi) is 6.07. The van der Waals surface area contributed by atoms with Gasteiger partial charge in [-0.15, -0.1) is 0 Å². The Morgan fingerprint density at radius 2 is 1.62 bits per heavy atom. The summed E-state index contributed by atoms with van der Waals surface area (Å²) < 4.78 is 0. The lowest BCUT2D eigenvalue weighted by Crippen LogP contribution is -3.13. The summed E-state index contributed by atoms with van der Waals surface area (Å²) in [6.07, 6.45) is 0. The molecule has 112 valence electrons. The summed E-state index contributed by atoms with van der Waals surface area (Å²) in [6.45, 7) is 5.75. The fourth-order valence-electron chi connectivity index (χ4n) is 2.81. The molecule has 1 saturated heterocycles. The molecule has 0 spiro atoms. The Morgan fingerprint density at radius 3 is 2.33 bits per heavy atom. The molecule has 0 atom stereocenters. The first kappa shape index (κ1) is 16.3. The van der Waals surface area contributed by atoms with Crippen molar-refractivity contribution in [1.82, 2.24) is 5.32 Å². The maximum absolute atomic E-state index is 5.98. The van der Waals surface area contributed by atoms with Gasteiger partial charge in [0.25, 0.3) is 0 Å². The molecule has 1 aliphatic heterocycles. The van der Waals surface area contributed by atoms with E-state index in [9.17, 15) is 0 Å². The van der Waals surface area contributed by atoms with Crippen molar-refractivity contribution in [3.63, 3.8) is 0 Å². The molecule has 0 amide bonds. The second-order valence-corrected chi connectivity index (χ2v) is 5.78. The molecule has 21 heavy (non-hydrogen) atoms. The maximum Gasteiger partial charge on any atom is 0.103 e. The number of hydrogen-bond donors (Lipinski definition) is 2. The molecule has 4 heteroatoms. The molecule has 1 heterocycles. The first-order chi connectivity index (χ1) is 9.83. The van der Waals surface area contributed by atoms with Crippen LogP contribution in [0.2, 0.25) is 5.02 Å². The highest BCUT2D eigenvalue weighted by Crippen LogP contribution is 2.24. The van der Waals surface area contributed by atoms with Crippen molar-refractivity contribution >= 4 is 11.6 Å². The predicted octanol–water partition coefficient (Wildman–Crippen LogP) is -1.00. The lowest BCUT2D eigenvalue weighted by molar-refractivity contribution is -0.915. The van der Waals surface area contributed by atoms with Gasteiger partial charge in [0.2, 0.25) is 0 Å². The third kappa shape index (κ3) is 4.21. The fourth-order valence-corrected chi connectivity index (χ4v) is 2.94. The largest absolute Gasteiger partial charge is 1.00 e. The smallest absolute Gasteiger partial charge is 0.103 e. The van der Waals surface area contributed by atoms with Crippen LogP contribution in [0.5, 0.6) is 0 Å². The summed E-state index contributed by atoms with van der Waals surface area (Å²) in [5.41, 5.74) is 4.00. The van der Waals surface area contributed by atoms with Crippen LogP contribution in [0.3, 0.4) is 0 Å². The molecule has 1 aliphatic rings. The van der Waals surface area contributed by atoms with Gasteiger partial charge in [-0.05, 0) is 23.3 Å². The van der Waals surface area contributed by atoms with E-state index in [1.807, 2.05) is 12.1 Å². The van der Waals surface area contributed by atoms with Gasteiger partial charge in [0.05, 0.1) is 13.1 Å². The summed E-state index contributed by atoms with van der Waals surface area (Å²) in [5.74, 6) is 0. The Hall–Kier alpha value is -1.06. The quantitative estimate of drug-likeness (QED) is 0.741. The van der Waals surface area contributed by atoms with Crippen molar-refractivity contribution in [1.29, 1.82) is 0 Å². The van der Waals surface area contributed by atoms with Crippen LogP contribution in [0.1, 0.15) is 5.56 Å². The highest BCUT2D eigenvalue weighted by Gasteiger charge is 2.15. The number of benzene rings is 2. The Labute approximate surface area is 137 Å². The highest BCUT2D eigenvalue weighted by molar-refractivity contribution is 6.30. The number of piperazine rings is 1. The van der Waals surface area contributed by atoms with Gasteiger partial charge >= 0.3 is 0 Å². The van der Waals surface area contributed by atoms with Crippen LogP contribution < -0.4 is 22.6 Å². The lowest BCUT2D eigenvalue weighted by Gasteiger charge is -2.25. The Balaban J connectivity index is 0.00000161. The summed E-state index contributed by atoms with van der Waals surface area (Å²) in [4.78, 5) is 1.66. The van der Waals surface area contributed by atoms with Gasteiger partial charge in [0.1, 0.15) is 6.54 Å². The molecule has 1 fully saturated rings. The van der Waals surface area contributed by atoms with Crippen molar-refractivity contribution in [2.75, 3.05) is 26.2 Å². The van der Waals surface area contributed by atoms with Gasteiger partial charge in [0.15, 0.2) is 0 Å². The zero-order valence-corrected chi connectivity index (χ0v) is 13.4. The standard InChI is InChI=1S/C17H19ClN2.ClH/c18-16-7-5-14(6-8-16)17-4-2-1-3-15(17)13-20-11-9-19-10-12-20;/h1-8,19H,9-13H2;1H. The maximum atomic E-state index is 5.98. The van der Waals surface area contributed by atoms with Crippen molar-refractivity contribution < 1.29 is 17.3 Å². The molecular weight excluding hydrogens is 303 g/mol. The fraction of sp³-hybridized carbons (Fsp3) is 0.294. The SMILES string of the molecule is Clc1ccc(-c2ccccc2C[NH+]2CCNCC2)cc1.[Cl-].